The number of hydrogen-bond acceptors (Lipinski definition) is 2. The summed E-state index contributed by atoms with van der Waals surface area (Å²) < 4.78 is 31.6. The fourth-order valence-corrected chi connectivity index (χ4v) is 0. The van der Waals surface area contributed by atoms with Gasteiger partial charge in [-0.2, -0.15) is 8.42 Å². The van der Waals surface area contributed by atoms with Crippen molar-refractivity contribution in [1.82, 2.24) is 0 Å². The standard InChI is InChI=1S/Ba.K.H2O4S.3H/c;;1-5(2,3)4;;;/h;;(H2,1,2,3,4);;;. The van der Waals surface area contributed by atoms with E-state index in [1.165, 1.54) is 0 Å². The van der Waals surface area contributed by atoms with Crippen LogP contribution >= 0.6 is 0 Å². The molecule has 2 N–H and O–H groups in total. The Morgan fingerprint density at radius 1 is 1.14 bits per heavy atom. The summed E-state index contributed by atoms with van der Waals surface area (Å²) in [4.78, 5) is 0. The molecule has 7 heteroatoms. The van der Waals surface area contributed by atoms with Gasteiger partial charge in [0, 0.05) is 0 Å². The molecular formula is H5BaKO4S. The summed E-state index contributed by atoms with van der Waals surface area (Å²) in [7, 11) is -4.67. The van der Waals surface area contributed by atoms with Gasteiger partial charge >= 0.3 is 111 Å². The quantitative estimate of drug-likeness (QED) is 0.389. The van der Waals surface area contributed by atoms with Gasteiger partial charge in [0.15, 0.2) is 0 Å². The molecule has 0 aromatic carbocycles. The van der Waals surface area contributed by atoms with Crippen molar-refractivity contribution in [1.29, 1.82) is 0 Å². The Morgan fingerprint density at radius 2 is 1.14 bits per heavy atom. The predicted octanol–water partition coefficient (Wildman–Crippen LogP) is -2.22. The van der Waals surface area contributed by atoms with Gasteiger partial charge in [0.1, 0.15) is 0 Å². The van der Waals surface area contributed by atoms with Crippen molar-refractivity contribution in [3.63, 3.8) is 0 Å². The molecule has 0 aliphatic rings. The summed E-state index contributed by atoms with van der Waals surface area (Å²) in [6.07, 6.45) is 0. The van der Waals surface area contributed by atoms with Gasteiger partial charge in [-0.15, -0.1) is 0 Å². The third-order valence-corrected chi connectivity index (χ3v) is 0. The van der Waals surface area contributed by atoms with Crippen LogP contribution in [0.1, 0.15) is 0 Å². The third kappa shape index (κ3) is 48.0. The summed E-state index contributed by atoms with van der Waals surface area (Å²) in [6.45, 7) is 0. The van der Waals surface area contributed by atoms with E-state index >= 15 is 0 Å². The molecule has 0 spiro atoms. The van der Waals surface area contributed by atoms with Gasteiger partial charge in [-0.1, -0.05) is 0 Å². The zero-order chi connectivity index (χ0) is 4.50. The van der Waals surface area contributed by atoms with Crippen molar-refractivity contribution in [3.8, 4) is 0 Å². The molecule has 0 bridgehead atoms. The van der Waals surface area contributed by atoms with Crippen LogP contribution in [0.25, 0.3) is 0 Å². The third-order valence-electron chi connectivity index (χ3n) is 0. The van der Waals surface area contributed by atoms with Crippen LogP contribution in [-0.4, -0.2) is 118 Å². The van der Waals surface area contributed by atoms with Gasteiger partial charge < -0.3 is 0 Å². The Balaban J connectivity index is -0.0000000800. The van der Waals surface area contributed by atoms with Crippen molar-refractivity contribution in [3.05, 3.63) is 0 Å². The zero-order valence-corrected chi connectivity index (χ0v) is 2.94. The normalized spacial score (nSPS) is 8.29. The van der Waals surface area contributed by atoms with E-state index in [4.69, 9.17) is 17.5 Å². The van der Waals surface area contributed by atoms with E-state index in [0.29, 0.717) is 0 Å². The molecule has 0 unspecified atom stereocenters. The van der Waals surface area contributed by atoms with Crippen molar-refractivity contribution < 1.29 is 17.5 Å². The molecule has 0 fully saturated rings. The van der Waals surface area contributed by atoms with Crippen LogP contribution in [0.5, 0.6) is 0 Å². The number of rotatable bonds is 0. The molecule has 0 amide bonds. The monoisotopic (exact) mass is 278 g/mol. The van der Waals surface area contributed by atoms with E-state index in [1.807, 2.05) is 0 Å². The maximum absolute atomic E-state index is 8.74. The Morgan fingerprint density at radius 3 is 1.14 bits per heavy atom. The molecule has 0 saturated carbocycles. The van der Waals surface area contributed by atoms with Crippen LogP contribution in [0.4, 0.5) is 0 Å². The predicted molar refractivity (Wildman–Crippen MR) is 29.9 cm³/mol. The molecule has 0 saturated heterocycles. The number of hydrogen-bond donors (Lipinski definition) is 2. The zero-order valence-electron chi connectivity index (χ0n) is 2.12. The van der Waals surface area contributed by atoms with E-state index in [0.717, 1.165) is 0 Å². The van der Waals surface area contributed by atoms with Gasteiger partial charge in [0.25, 0.3) is 0 Å². The molecule has 0 aromatic heterocycles. The molecule has 0 aromatic rings. The average molecular weight is 278 g/mol. The summed E-state index contributed by atoms with van der Waals surface area (Å²) in [5.74, 6) is 0. The topological polar surface area (TPSA) is 74.6 Å². The van der Waals surface area contributed by atoms with Gasteiger partial charge in [0.05, 0.1) is 0 Å². The van der Waals surface area contributed by atoms with E-state index < -0.39 is 10.4 Å². The minimum absolute atomic E-state index is 0. The van der Waals surface area contributed by atoms with Crippen LogP contribution in [0.3, 0.4) is 0 Å². The maximum atomic E-state index is 8.74. The second-order valence-electron chi connectivity index (χ2n) is 0.448. The molecule has 0 rings (SSSR count). The molecule has 0 heterocycles. The SMILES string of the molecule is O=S(=O)(O)O.[BaH2].[KH]. The van der Waals surface area contributed by atoms with Crippen LogP contribution < -0.4 is 0 Å². The van der Waals surface area contributed by atoms with E-state index in [9.17, 15) is 0 Å². The van der Waals surface area contributed by atoms with Gasteiger partial charge in [-0.05, 0) is 0 Å². The van der Waals surface area contributed by atoms with Crippen molar-refractivity contribution in [2.75, 3.05) is 0 Å². The van der Waals surface area contributed by atoms with E-state index in [-0.39, 0.29) is 100 Å². The molecule has 4 nitrogen and oxygen atoms in total. The Kier molecular flexibility index (Phi) is 17.0. The molecule has 0 aliphatic carbocycles. The summed E-state index contributed by atoms with van der Waals surface area (Å²) >= 11 is 0. The Bertz CT molecular complexity index is 94.9. The molecule has 0 radical (unpaired) electrons. The average Bonchev–Trinajstić information content (AvgIpc) is 0.722. The first kappa shape index (κ1) is 16.6. The molecule has 7 heavy (non-hydrogen) atoms. The van der Waals surface area contributed by atoms with Crippen molar-refractivity contribution in [2.24, 2.45) is 0 Å². The van der Waals surface area contributed by atoms with E-state index in [2.05, 4.69) is 0 Å². The first-order valence-electron chi connectivity index (χ1n) is 0.698. The summed E-state index contributed by atoms with van der Waals surface area (Å²) in [5, 5.41) is 0. The van der Waals surface area contributed by atoms with E-state index in [1.54, 1.807) is 0 Å². The molecular weight excluding hydrogens is 272 g/mol. The first-order valence-corrected chi connectivity index (χ1v) is 2.10. The molecule has 0 aliphatic heterocycles. The van der Waals surface area contributed by atoms with Crippen LogP contribution in [-0.2, 0) is 10.4 Å². The molecule has 0 atom stereocenters. The molecule has 38 valence electrons. The minimum atomic E-state index is -4.67. The summed E-state index contributed by atoms with van der Waals surface area (Å²) in [6, 6.07) is 0. The van der Waals surface area contributed by atoms with Gasteiger partial charge in [-0.3, -0.25) is 9.11 Å². The Labute approximate surface area is 125 Å². The first-order chi connectivity index (χ1) is 2.00. The fraction of sp³-hybridized carbons (Fsp3) is 0. The fourth-order valence-electron chi connectivity index (χ4n) is 0. The van der Waals surface area contributed by atoms with Crippen molar-refractivity contribution in [2.45, 2.75) is 0 Å². The second-order valence-corrected chi connectivity index (χ2v) is 1.34. The van der Waals surface area contributed by atoms with Crippen molar-refractivity contribution >= 4 is 111 Å². The van der Waals surface area contributed by atoms with Crippen LogP contribution in [0, 0.1) is 0 Å². The van der Waals surface area contributed by atoms with Crippen LogP contribution in [0.15, 0.2) is 0 Å². The van der Waals surface area contributed by atoms with Gasteiger partial charge in [0.2, 0.25) is 0 Å². The van der Waals surface area contributed by atoms with Crippen LogP contribution in [0.2, 0.25) is 0 Å². The second kappa shape index (κ2) is 7.19. The Hall–Kier alpha value is 3.08. The summed E-state index contributed by atoms with van der Waals surface area (Å²) in [5.41, 5.74) is 0. The van der Waals surface area contributed by atoms with Gasteiger partial charge in [-0.25, -0.2) is 0 Å².